The predicted octanol–water partition coefficient (Wildman–Crippen LogP) is 2.86. The van der Waals surface area contributed by atoms with Crippen LogP contribution in [0.25, 0.3) is 10.9 Å². The van der Waals surface area contributed by atoms with Crippen LogP contribution < -0.4 is 15.8 Å². The number of aromatic amines is 1. The van der Waals surface area contributed by atoms with E-state index in [-0.39, 0.29) is 24.1 Å². The van der Waals surface area contributed by atoms with Crippen molar-refractivity contribution < 1.29 is 18.0 Å². The number of nitrogens with zero attached hydrogens (tertiary/aromatic N) is 2. The van der Waals surface area contributed by atoms with Gasteiger partial charge in [0, 0.05) is 53.4 Å². The zero-order valence-electron chi connectivity index (χ0n) is 21.5. The smallest absolute Gasteiger partial charge is 0.280 e. The van der Waals surface area contributed by atoms with E-state index < -0.39 is 21.6 Å². The molecule has 2 atom stereocenters. The number of hydrogen-bond acceptors (Lipinski definition) is 8. The Morgan fingerprint density at radius 3 is 2.87 bits per heavy atom. The molecule has 2 aliphatic rings. The van der Waals surface area contributed by atoms with Gasteiger partial charge in [-0.15, -0.1) is 23.7 Å². The highest BCUT2D eigenvalue weighted by atomic mass is 35.5. The van der Waals surface area contributed by atoms with Crippen molar-refractivity contribution in [2.45, 2.75) is 50.2 Å². The van der Waals surface area contributed by atoms with Gasteiger partial charge in [0.1, 0.15) is 5.54 Å². The maximum absolute atomic E-state index is 13.6. The number of thiazole rings is 1. The molecule has 14 heteroatoms. The number of fused-ring (bicyclic) bond motifs is 2. The summed E-state index contributed by atoms with van der Waals surface area (Å²) < 4.78 is 25.1. The molecule has 212 valence electrons. The SMILES string of the molecule is CS(=O)(=O)NCCN1CCc2nc(C(=O)NC3CCCCC3(N)C(=O)c3cc4cc(Cl)ccc4[nH]3)sc2C1.Cl. The lowest BCUT2D eigenvalue weighted by Gasteiger charge is -2.39. The Morgan fingerprint density at radius 1 is 1.31 bits per heavy atom. The summed E-state index contributed by atoms with van der Waals surface area (Å²) in [5.74, 6) is -0.556. The number of carbonyl (C=O) groups is 2. The van der Waals surface area contributed by atoms with Gasteiger partial charge < -0.3 is 16.0 Å². The number of ketones is 1. The highest BCUT2D eigenvalue weighted by molar-refractivity contribution is 7.88. The van der Waals surface area contributed by atoms with E-state index in [4.69, 9.17) is 17.3 Å². The highest BCUT2D eigenvalue weighted by Crippen LogP contribution is 2.32. The second-order valence-corrected chi connectivity index (χ2v) is 13.5. The first-order chi connectivity index (χ1) is 18.0. The second-order valence-electron chi connectivity index (χ2n) is 10.1. The topological polar surface area (TPSA) is 150 Å². The van der Waals surface area contributed by atoms with E-state index in [9.17, 15) is 18.0 Å². The normalized spacial score (nSPS) is 21.8. The van der Waals surface area contributed by atoms with E-state index in [1.54, 1.807) is 18.2 Å². The van der Waals surface area contributed by atoms with Crippen LogP contribution in [0.4, 0.5) is 0 Å². The van der Waals surface area contributed by atoms with Crippen molar-refractivity contribution in [3.63, 3.8) is 0 Å². The Morgan fingerprint density at radius 2 is 2.10 bits per heavy atom. The molecule has 0 radical (unpaired) electrons. The van der Waals surface area contributed by atoms with Gasteiger partial charge in [-0.3, -0.25) is 14.5 Å². The van der Waals surface area contributed by atoms with Crippen molar-refractivity contribution in [1.82, 2.24) is 24.9 Å². The molecule has 2 unspecified atom stereocenters. The number of sulfonamides is 1. The van der Waals surface area contributed by atoms with Crippen LogP contribution in [0.5, 0.6) is 0 Å². The van der Waals surface area contributed by atoms with E-state index in [1.165, 1.54) is 11.3 Å². The third-order valence-corrected chi connectivity index (χ3v) is 9.35. The van der Waals surface area contributed by atoms with Gasteiger partial charge in [0.15, 0.2) is 5.01 Å². The first-order valence-corrected chi connectivity index (χ1v) is 15.7. The number of nitrogens with two attached hydrogens (primary N) is 1. The number of benzene rings is 1. The van der Waals surface area contributed by atoms with E-state index in [1.807, 2.05) is 6.07 Å². The lowest BCUT2D eigenvalue weighted by Crippen LogP contribution is -2.64. The Hall–Kier alpha value is -2.06. The molecule has 0 bridgehead atoms. The van der Waals surface area contributed by atoms with Crippen molar-refractivity contribution in [1.29, 1.82) is 0 Å². The minimum Gasteiger partial charge on any atom is -0.352 e. The monoisotopic (exact) mass is 614 g/mol. The van der Waals surface area contributed by atoms with E-state index >= 15 is 0 Å². The number of aromatic nitrogens is 2. The summed E-state index contributed by atoms with van der Waals surface area (Å²) in [6.07, 6.45) is 4.57. The fourth-order valence-corrected chi connectivity index (χ4v) is 6.99. The Kier molecular flexibility index (Phi) is 9.06. The van der Waals surface area contributed by atoms with Crippen LogP contribution in [0.15, 0.2) is 24.3 Å². The van der Waals surface area contributed by atoms with E-state index in [2.05, 4.69) is 24.9 Å². The van der Waals surface area contributed by atoms with Gasteiger partial charge in [-0.25, -0.2) is 18.1 Å². The lowest BCUT2D eigenvalue weighted by molar-refractivity contribution is 0.0755. The van der Waals surface area contributed by atoms with Crippen LogP contribution in [0.1, 0.15) is 56.5 Å². The third-order valence-electron chi connectivity index (χ3n) is 7.31. The molecule has 5 rings (SSSR count). The molecule has 39 heavy (non-hydrogen) atoms. The molecule has 3 aromatic rings. The average Bonchev–Trinajstić information content (AvgIpc) is 3.48. The summed E-state index contributed by atoms with van der Waals surface area (Å²) in [7, 11) is -3.23. The van der Waals surface area contributed by atoms with Crippen molar-refractivity contribution in [3.8, 4) is 0 Å². The molecule has 1 aliphatic heterocycles. The molecule has 5 N–H and O–H groups in total. The van der Waals surface area contributed by atoms with Crippen LogP contribution in [-0.2, 0) is 23.0 Å². The maximum atomic E-state index is 13.6. The second kappa shape index (κ2) is 11.8. The number of H-pyrrole nitrogens is 1. The first-order valence-electron chi connectivity index (χ1n) is 12.6. The van der Waals surface area contributed by atoms with Gasteiger partial charge >= 0.3 is 0 Å². The molecule has 3 heterocycles. The summed E-state index contributed by atoms with van der Waals surface area (Å²) in [4.78, 5) is 37.8. The molecule has 1 aromatic carbocycles. The summed E-state index contributed by atoms with van der Waals surface area (Å²) >= 11 is 7.44. The van der Waals surface area contributed by atoms with Crippen LogP contribution in [0.2, 0.25) is 5.02 Å². The van der Waals surface area contributed by atoms with Crippen LogP contribution in [0, 0.1) is 0 Å². The zero-order chi connectivity index (χ0) is 27.1. The highest BCUT2D eigenvalue weighted by Gasteiger charge is 2.45. The summed E-state index contributed by atoms with van der Waals surface area (Å²) in [6.45, 7) is 2.25. The lowest BCUT2D eigenvalue weighted by atomic mass is 9.74. The largest absolute Gasteiger partial charge is 0.352 e. The van der Waals surface area contributed by atoms with E-state index in [0.29, 0.717) is 54.6 Å². The fraction of sp³-hybridized carbons (Fsp3) is 0.480. The molecular weight excluding hydrogens is 583 g/mol. The van der Waals surface area contributed by atoms with Gasteiger partial charge in [-0.05, 0) is 37.1 Å². The minimum atomic E-state index is -3.23. The molecular formula is C25H32Cl2N6O4S2. The Labute approximate surface area is 242 Å². The molecule has 0 spiro atoms. The molecule has 1 saturated carbocycles. The molecule has 10 nitrogen and oxygen atoms in total. The van der Waals surface area contributed by atoms with Gasteiger partial charge in [0.05, 0.1) is 23.7 Å². The predicted molar refractivity (Wildman–Crippen MR) is 155 cm³/mol. The van der Waals surface area contributed by atoms with Crippen LogP contribution in [-0.4, -0.2) is 72.4 Å². The van der Waals surface area contributed by atoms with Crippen LogP contribution in [0.3, 0.4) is 0 Å². The van der Waals surface area contributed by atoms with Gasteiger partial charge in [0.2, 0.25) is 15.8 Å². The Bertz CT molecular complexity index is 1490. The van der Waals surface area contributed by atoms with Gasteiger partial charge in [-0.2, -0.15) is 0 Å². The number of hydrogen-bond donors (Lipinski definition) is 4. The van der Waals surface area contributed by atoms with Crippen molar-refractivity contribution in [2.24, 2.45) is 5.73 Å². The van der Waals surface area contributed by atoms with Gasteiger partial charge in [-0.1, -0.05) is 24.4 Å². The molecule has 1 amide bonds. The number of nitrogens with one attached hydrogen (secondary N) is 3. The van der Waals surface area contributed by atoms with Crippen LogP contribution >= 0.6 is 35.3 Å². The number of carbonyl (C=O) groups excluding carboxylic acids is 2. The van der Waals surface area contributed by atoms with Crippen molar-refractivity contribution in [2.75, 3.05) is 25.9 Å². The van der Waals surface area contributed by atoms with E-state index in [0.717, 1.165) is 47.1 Å². The summed E-state index contributed by atoms with van der Waals surface area (Å²) in [5, 5.41) is 4.79. The summed E-state index contributed by atoms with van der Waals surface area (Å²) in [6, 6.07) is 6.62. The summed E-state index contributed by atoms with van der Waals surface area (Å²) in [5.41, 5.74) is 7.62. The van der Waals surface area contributed by atoms with Crippen molar-refractivity contribution in [3.05, 3.63) is 50.6 Å². The molecule has 1 fully saturated rings. The maximum Gasteiger partial charge on any atom is 0.280 e. The number of amides is 1. The first kappa shape index (κ1) is 29.9. The number of halogens is 2. The van der Waals surface area contributed by atoms with Crippen molar-refractivity contribution >= 4 is 68.0 Å². The number of Topliss-reactive ketones (excluding diaryl/α,β-unsaturated/α-hetero) is 1. The minimum absolute atomic E-state index is 0. The number of rotatable bonds is 8. The average molecular weight is 616 g/mol. The van der Waals surface area contributed by atoms with Gasteiger partial charge in [0.25, 0.3) is 5.91 Å². The standard InChI is InChI=1S/C25H31ClN6O4S2.ClH/c1-38(35,36)28-9-11-32-10-7-18-20(14-32)37-24(30-18)23(34)31-21-4-2-3-8-25(21,27)22(33)19-13-15-12-16(26)5-6-17(15)29-19;/h5-6,12-13,21,28-29H,2-4,7-11,14,27H2,1H3,(H,31,34);1H. The quantitative estimate of drug-likeness (QED) is 0.285. The zero-order valence-corrected chi connectivity index (χ0v) is 24.7. The fourth-order valence-electron chi connectivity index (χ4n) is 5.29. The Balaban J connectivity index is 0.00000353. The molecule has 1 aliphatic carbocycles. The third kappa shape index (κ3) is 6.64. The molecule has 0 saturated heterocycles. The molecule has 2 aromatic heterocycles.